The molecule has 2 aliphatic heterocycles. The summed E-state index contributed by atoms with van der Waals surface area (Å²) in [6, 6.07) is 7.37. The number of rotatable bonds is 4. The van der Waals surface area contributed by atoms with Gasteiger partial charge in [0.25, 0.3) is 5.91 Å². The third-order valence-corrected chi connectivity index (χ3v) is 7.40. The highest BCUT2D eigenvalue weighted by Gasteiger charge is 2.32. The smallest absolute Gasteiger partial charge is 0.253 e. The van der Waals surface area contributed by atoms with Crippen LogP contribution < -0.4 is 10.0 Å². The van der Waals surface area contributed by atoms with Crippen molar-refractivity contribution >= 4 is 28.3 Å². The van der Waals surface area contributed by atoms with Gasteiger partial charge in [-0.25, -0.2) is 13.1 Å². The molecule has 2 unspecified atom stereocenters. The molecule has 3 fully saturated rings. The van der Waals surface area contributed by atoms with Crippen molar-refractivity contribution in [3.63, 3.8) is 0 Å². The monoisotopic (exact) mass is 413 g/mol. The Kier molecular flexibility index (Phi) is 6.46. The van der Waals surface area contributed by atoms with Gasteiger partial charge in [-0.1, -0.05) is 18.9 Å². The first-order valence-electron chi connectivity index (χ1n) is 9.69. The van der Waals surface area contributed by atoms with Crippen LogP contribution in [0.3, 0.4) is 0 Å². The first kappa shape index (κ1) is 20.6. The van der Waals surface area contributed by atoms with E-state index in [1.807, 2.05) is 4.90 Å². The van der Waals surface area contributed by atoms with Crippen LogP contribution in [-0.2, 0) is 10.0 Å². The minimum Gasteiger partial charge on any atom is -0.337 e. The van der Waals surface area contributed by atoms with E-state index >= 15 is 0 Å². The molecule has 2 saturated heterocycles. The van der Waals surface area contributed by atoms with Crippen LogP contribution >= 0.6 is 12.4 Å². The minimum atomic E-state index is -3.58. The Morgan fingerprint density at radius 3 is 2.59 bits per heavy atom. The average molecular weight is 414 g/mol. The van der Waals surface area contributed by atoms with Crippen molar-refractivity contribution in [1.29, 1.82) is 0 Å². The lowest BCUT2D eigenvalue weighted by molar-refractivity contribution is 0.0748. The fraction of sp³-hybridized carbons (Fsp3) is 0.632. The molecule has 0 radical (unpaired) electrons. The van der Waals surface area contributed by atoms with Crippen molar-refractivity contribution in [1.82, 2.24) is 14.9 Å². The lowest BCUT2D eigenvalue weighted by Gasteiger charge is -2.24. The quantitative estimate of drug-likeness (QED) is 0.793. The van der Waals surface area contributed by atoms with Crippen LogP contribution in [-0.4, -0.2) is 50.4 Å². The highest BCUT2D eigenvalue weighted by atomic mass is 35.5. The van der Waals surface area contributed by atoms with Gasteiger partial charge in [0.05, 0.1) is 4.90 Å². The minimum absolute atomic E-state index is 0. The van der Waals surface area contributed by atoms with Gasteiger partial charge in [-0.2, -0.15) is 0 Å². The van der Waals surface area contributed by atoms with E-state index in [0.717, 1.165) is 45.1 Å². The highest BCUT2D eigenvalue weighted by molar-refractivity contribution is 7.89. The number of carbonyl (C=O) groups is 1. The predicted molar refractivity (Wildman–Crippen MR) is 107 cm³/mol. The molecule has 1 saturated carbocycles. The molecule has 0 aromatic heterocycles. The largest absolute Gasteiger partial charge is 0.337 e. The maximum Gasteiger partial charge on any atom is 0.253 e. The molecule has 2 heterocycles. The molecular weight excluding hydrogens is 386 g/mol. The first-order chi connectivity index (χ1) is 12.5. The van der Waals surface area contributed by atoms with Crippen LogP contribution in [0.5, 0.6) is 0 Å². The van der Waals surface area contributed by atoms with E-state index < -0.39 is 10.0 Å². The zero-order valence-electron chi connectivity index (χ0n) is 15.4. The van der Waals surface area contributed by atoms with E-state index in [2.05, 4.69) is 10.0 Å². The number of carbonyl (C=O) groups excluding carboxylic acids is 1. The van der Waals surface area contributed by atoms with Gasteiger partial charge in [0, 0.05) is 36.8 Å². The summed E-state index contributed by atoms with van der Waals surface area (Å²) in [5.41, 5.74) is 0.456. The molecule has 1 aliphatic carbocycles. The van der Waals surface area contributed by atoms with Crippen LogP contribution in [0, 0.1) is 0 Å². The van der Waals surface area contributed by atoms with Crippen molar-refractivity contribution in [2.45, 2.75) is 68.0 Å². The second-order valence-electron chi connectivity index (χ2n) is 7.81. The summed E-state index contributed by atoms with van der Waals surface area (Å²) in [5.74, 6) is -0.0720. The Bertz CT molecular complexity index is 780. The zero-order valence-corrected chi connectivity index (χ0v) is 17.0. The van der Waals surface area contributed by atoms with E-state index in [1.165, 1.54) is 12.5 Å². The van der Waals surface area contributed by atoms with Crippen molar-refractivity contribution in [2.24, 2.45) is 0 Å². The normalized spacial score (nSPS) is 25.9. The van der Waals surface area contributed by atoms with Gasteiger partial charge in [-0.3, -0.25) is 4.79 Å². The molecule has 2 N–H and O–H groups in total. The maximum atomic E-state index is 12.9. The summed E-state index contributed by atoms with van der Waals surface area (Å²) in [7, 11) is -3.58. The molecule has 1 amide bonds. The van der Waals surface area contributed by atoms with Gasteiger partial charge in [-0.05, 0) is 50.3 Å². The summed E-state index contributed by atoms with van der Waals surface area (Å²) in [5, 5.41) is 3.57. The number of benzene rings is 1. The van der Waals surface area contributed by atoms with Gasteiger partial charge >= 0.3 is 0 Å². The van der Waals surface area contributed by atoms with Crippen LogP contribution in [0.15, 0.2) is 29.2 Å². The lowest BCUT2D eigenvalue weighted by Crippen LogP contribution is -2.39. The molecule has 0 spiro atoms. The maximum absolute atomic E-state index is 12.9. The number of nitrogens with zero attached hydrogens (tertiary/aromatic N) is 1. The number of halogens is 1. The third-order valence-electron chi connectivity index (χ3n) is 5.88. The van der Waals surface area contributed by atoms with Crippen molar-refractivity contribution in [2.75, 3.05) is 13.1 Å². The SMILES string of the molecule is Cl.O=C(c1cccc(S(=O)(=O)NC2CCCC2)c1)N1CCC2CCC(C1)N2. The van der Waals surface area contributed by atoms with Gasteiger partial charge in [0.2, 0.25) is 10.0 Å². The number of likely N-dealkylation sites (tertiary alicyclic amines) is 1. The van der Waals surface area contributed by atoms with Gasteiger partial charge in [-0.15, -0.1) is 12.4 Å². The fourth-order valence-corrected chi connectivity index (χ4v) is 5.79. The highest BCUT2D eigenvalue weighted by Crippen LogP contribution is 2.23. The Hall–Kier alpha value is -1.15. The van der Waals surface area contributed by atoms with E-state index in [4.69, 9.17) is 0 Å². The number of fused-ring (bicyclic) bond motifs is 2. The third kappa shape index (κ3) is 4.65. The molecule has 1 aromatic carbocycles. The molecule has 1 aromatic rings. The van der Waals surface area contributed by atoms with Crippen LogP contribution in [0.25, 0.3) is 0 Å². The molecule has 2 atom stereocenters. The van der Waals surface area contributed by atoms with Crippen LogP contribution in [0.4, 0.5) is 0 Å². The van der Waals surface area contributed by atoms with Crippen molar-refractivity contribution < 1.29 is 13.2 Å². The predicted octanol–water partition coefficient (Wildman–Crippen LogP) is 2.30. The molecule has 6 nitrogen and oxygen atoms in total. The molecule has 2 bridgehead atoms. The summed E-state index contributed by atoms with van der Waals surface area (Å²) < 4.78 is 28.1. The van der Waals surface area contributed by atoms with Gasteiger partial charge in [0.15, 0.2) is 0 Å². The van der Waals surface area contributed by atoms with E-state index in [1.54, 1.807) is 18.2 Å². The van der Waals surface area contributed by atoms with E-state index in [9.17, 15) is 13.2 Å². The Morgan fingerprint density at radius 2 is 1.81 bits per heavy atom. The summed E-state index contributed by atoms with van der Waals surface area (Å²) in [6.45, 7) is 1.43. The first-order valence-corrected chi connectivity index (χ1v) is 11.2. The van der Waals surface area contributed by atoms with Crippen LogP contribution in [0.2, 0.25) is 0 Å². The number of nitrogens with one attached hydrogen (secondary N) is 2. The number of amides is 1. The second-order valence-corrected chi connectivity index (χ2v) is 9.52. The Balaban J connectivity index is 0.00000210. The van der Waals surface area contributed by atoms with Gasteiger partial charge < -0.3 is 10.2 Å². The standard InChI is InChI=1S/C19H27N3O3S.ClH/c23-19(22-11-10-15-8-9-17(13-22)20-15)14-4-3-7-18(12-14)26(24,25)21-16-5-1-2-6-16;/h3-4,7,12,15-17,20-21H,1-2,5-6,8-11,13H2;1H. The van der Waals surface area contributed by atoms with E-state index in [0.29, 0.717) is 24.2 Å². The molecule has 150 valence electrons. The van der Waals surface area contributed by atoms with Crippen LogP contribution in [0.1, 0.15) is 55.3 Å². The molecule has 8 heteroatoms. The summed E-state index contributed by atoms with van der Waals surface area (Å²) >= 11 is 0. The Labute approximate surface area is 167 Å². The average Bonchev–Trinajstić information content (AvgIpc) is 3.23. The Morgan fingerprint density at radius 1 is 1.07 bits per heavy atom. The van der Waals surface area contributed by atoms with Crippen molar-refractivity contribution in [3.8, 4) is 0 Å². The number of hydrogen-bond acceptors (Lipinski definition) is 4. The zero-order chi connectivity index (χ0) is 18.1. The van der Waals surface area contributed by atoms with Gasteiger partial charge in [0.1, 0.15) is 0 Å². The molecule has 3 aliphatic rings. The summed E-state index contributed by atoms with van der Waals surface area (Å²) in [4.78, 5) is 15.0. The van der Waals surface area contributed by atoms with Crippen molar-refractivity contribution in [3.05, 3.63) is 29.8 Å². The van der Waals surface area contributed by atoms with E-state index in [-0.39, 0.29) is 29.3 Å². The number of sulfonamides is 1. The topological polar surface area (TPSA) is 78.5 Å². The molecular formula is C19H28ClN3O3S. The lowest BCUT2D eigenvalue weighted by atomic mass is 10.1. The molecule has 27 heavy (non-hydrogen) atoms. The summed E-state index contributed by atoms with van der Waals surface area (Å²) in [6.07, 6.45) is 7.17. The fourth-order valence-electron chi connectivity index (χ4n) is 4.44. The second kappa shape index (κ2) is 8.47. The number of hydrogen-bond donors (Lipinski definition) is 2. The molecule has 4 rings (SSSR count).